The van der Waals surface area contributed by atoms with E-state index >= 15 is 0 Å². The summed E-state index contributed by atoms with van der Waals surface area (Å²) >= 11 is 13.6. The van der Waals surface area contributed by atoms with E-state index in [2.05, 4.69) is 61.1 Å². The van der Waals surface area contributed by atoms with E-state index in [-0.39, 0.29) is 0 Å². The number of rotatable bonds is 4. The molecule has 0 bridgehead atoms. The van der Waals surface area contributed by atoms with Crippen molar-refractivity contribution >= 4 is 51.0 Å². The Balaban J connectivity index is 1.90. The summed E-state index contributed by atoms with van der Waals surface area (Å²) < 4.78 is 11.2. The summed E-state index contributed by atoms with van der Waals surface area (Å²) in [6.07, 6.45) is 0. The molecule has 0 N–H and O–H groups in total. The van der Waals surface area contributed by atoms with Crippen LogP contribution in [0.25, 0.3) is 21.8 Å². The van der Waals surface area contributed by atoms with Crippen LogP contribution in [0.2, 0.25) is 10.0 Å². The first kappa shape index (κ1) is 23.2. The third-order valence-corrected chi connectivity index (χ3v) is 8.33. The van der Waals surface area contributed by atoms with Crippen molar-refractivity contribution in [3.8, 4) is 0 Å². The lowest BCUT2D eigenvalue weighted by Gasteiger charge is -2.32. The molecular formula is C30H26Cl2N2O2. The smallest absolute Gasteiger partial charge is 0.341 e. The predicted molar refractivity (Wildman–Crippen MR) is 146 cm³/mol. The molecule has 6 rings (SSSR count). The van der Waals surface area contributed by atoms with E-state index in [1.54, 1.807) is 12.1 Å². The number of carbonyl (C=O) groups is 1. The number of nitrogens with zero attached hydrogens (tertiary/aromatic N) is 2. The van der Waals surface area contributed by atoms with Gasteiger partial charge in [0.05, 0.1) is 10.6 Å². The predicted octanol–water partition coefficient (Wildman–Crippen LogP) is 8.02. The molecule has 0 aliphatic carbocycles. The molecule has 0 saturated carbocycles. The zero-order valence-electron chi connectivity index (χ0n) is 20.7. The van der Waals surface area contributed by atoms with Gasteiger partial charge in [0.1, 0.15) is 0 Å². The van der Waals surface area contributed by atoms with Gasteiger partial charge >= 0.3 is 5.97 Å². The lowest BCUT2D eigenvalue weighted by atomic mass is 9.77. The Bertz CT molecular complexity index is 1620. The minimum absolute atomic E-state index is 0.338. The monoisotopic (exact) mass is 516 g/mol. The average Bonchev–Trinajstić information content (AvgIpc) is 3.45. The molecule has 36 heavy (non-hydrogen) atoms. The minimum Gasteiger partial charge on any atom is -0.440 e. The standard InChI is InChI=1S/C30H26Cl2N2O2/c1-5-33-17(3)26(19-11-7-9-13-23(19)33)30(28-22(32)16-15-21(31)25(28)29(35)36-30)27-18(4)34(6-2)24-14-10-8-12-20(24)27/h7-16H,5-6H2,1-4H3. The van der Waals surface area contributed by atoms with Crippen LogP contribution in [-0.4, -0.2) is 15.1 Å². The van der Waals surface area contributed by atoms with Crippen LogP contribution in [0.15, 0.2) is 60.7 Å². The number of ether oxygens (including phenoxy) is 1. The number of halogens is 2. The van der Waals surface area contributed by atoms with Crippen molar-refractivity contribution in [3.63, 3.8) is 0 Å². The van der Waals surface area contributed by atoms with Gasteiger partial charge in [-0.25, -0.2) is 4.79 Å². The van der Waals surface area contributed by atoms with Gasteiger partial charge in [0.2, 0.25) is 0 Å². The fraction of sp³-hybridized carbons (Fsp3) is 0.233. The number of benzene rings is 3. The van der Waals surface area contributed by atoms with Gasteiger partial charge in [-0.1, -0.05) is 59.6 Å². The van der Waals surface area contributed by atoms with Crippen molar-refractivity contribution in [1.29, 1.82) is 0 Å². The van der Waals surface area contributed by atoms with Crippen molar-refractivity contribution in [2.75, 3.05) is 0 Å². The maximum Gasteiger partial charge on any atom is 0.341 e. The number of hydrogen-bond acceptors (Lipinski definition) is 2. The molecule has 6 heteroatoms. The highest BCUT2D eigenvalue weighted by atomic mass is 35.5. The molecule has 3 heterocycles. The first-order chi connectivity index (χ1) is 17.4. The Kier molecular flexibility index (Phi) is 5.26. The van der Waals surface area contributed by atoms with E-state index in [1.807, 2.05) is 24.3 Å². The number of para-hydroxylation sites is 2. The second-order valence-electron chi connectivity index (χ2n) is 9.29. The summed E-state index contributed by atoms with van der Waals surface area (Å²) in [7, 11) is 0. The van der Waals surface area contributed by atoms with Crippen LogP contribution in [0, 0.1) is 13.8 Å². The quantitative estimate of drug-likeness (QED) is 0.226. The second kappa shape index (κ2) is 8.16. The van der Waals surface area contributed by atoms with Gasteiger partial charge < -0.3 is 13.9 Å². The Labute approximate surface area is 220 Å². The van der Waals surface area contributed by atoms with Crippen LogP contribution < -0.4 is 0 Å². The molecule has 0 amide bonds. The minimum atomic E-state index is -1.26. The Morgan fingerprint density at radius 2 is 1.19 bits per heavy atom. The normalized spacial score (nSPS) is 14.6. The number of hydrogen-bond donors (Lipinski definition) is 0. The van der Waals surface area contributed by atoms with E-state index in [0.29, 0.717) is 21.2 Å². The Morgan fingerprint density at radius 3 is 1.69 bits per heavy atom. The molecule has 1 aliphatic rings. The van der Waals surface area contributed by atoms with Gasteiger partial charge in [0.25, 0.3) is 0 Å². The highest BCUT2D eigenvalue weighted by Gasteiger charge is 2.55. The molecule has 4 nitrogen and oxygen atoms in total. The molecule has 0 unspecified atom stereocenters. The fourth-order valence-corrected chi connectivity index (χ4v) is 6.90. The Hall–Kier alpha value is -3.21. The van der Waals surface area contributed by atoms with Gasteiger partial charge in [-0.2, -0.15) is 0 Å². The summed E-state index contributed by atoms with van der Waals surface area (Å²) in [5.41, 5.74) is 5.79. The van der Waals surface area contributed by atoms with E-state index in [1.165, 1.54) is 0 Å². The maximum absolute atomic E-state index is 13.7. The van der Waals surface area contributed by atoms with Gasteiger partial charge in [0, 0.05) is 68.0 Å². The van der Waals surface area contributed by atoms with Crippen molar-refractivity contribution in [1.82, 2.24) is 9.13 Å². The molecule has 3 aromatic carbocycles. The molecule has 1 aliphatic heterocycles. The van der Waals surface area contributed by atoms with Gasteiger partial charge in [0.15, 0.2) is 5.60 Å². The summed E-state index contributed by atoms with van der Waals surface area (Å²) in [5, 5.41) is 2.86. The lowest BCUT2D eigenvalue weighted by molar-refractivity contribution is 0.0256. The molecule has 182 valence electrons. The number of aromatic nitrogens is 2. The van der Waals surface area contributed by atoms with Gasteiger partial charge in [-0.15, -0.1) is 0 Å². The van der Waals surface area contributed by atoms with E-state index < -0.39 is 11.6 Å². The molecule has 0 fully saturated rings. The zero-order valence-corrected chi connectivity index (χ0v) is 22.2. The number of fused-ring (bicyclic) bond motifs is 3. The summed E-state index contributed by atoms with van der Waals surface area (Å²) in [5.74, 6) is -0.460. The number of cyclic esters (lactones) is 1. The average molecular weight is 517 g/mol. The second-order valence-corrected chi connectivity index (χ2v) is 10.1. The fourth-order valence-electron chi connectivity index (χ4n) is 6.38. The first-order valence-corrected chi connectivity index (χ1v) is 13.0. The van der Waals surface area contributed by atoms with Crippen molar-refractivity contribution in [2.45, 2.75) is 46.4 Å². The van der Waals surface area contributed by atoms with Crippen LogP contribution in [0.3, 0.4) is 0 Å². The molecule has 0 saturated heterocycles. The summed E-state index contributed by atoms with van der Waals surface area (Å²) in [6.45, 7) is 10.0. The van der Waals surface area contributed by atoms with Crippen molar-refractivity contribution in [2.24, 2.45) is 0 Å². The molecule has 2 aromatic heterocycles. The molecular weight excluding hydrogens is 491 g/mol. The Morgan fingerprint density at radius 1 is 0.722 bits per heavy atom. The van der Waals surface area contributed by atoms with Crippen molar-refractivity contribution in [3.05, 3.63) is 104 Å². The first-order valence-electron chi connectivity index (χ1n) is 12.2. The highest BCUT2D eigenvalue weighted by Crippen LogP contribution is 2.56. The molecule has 0 atom stereocenters. The topological polar surface area (TPSA) is 36.2 Å². The third kappa shape index (κ3) is 2.80. The van der Waals surface area contributed by atoms with Crippen molar-refractivity contribution < 1.29 is 9.53 Å². The zero-order chi connectivity index (χ0) is 25.4. The lowest BCUT2D eigenvalue weighted by Crippen LogP contribution is -2.31. The molecule has 0 spiro atoms. The van der Waals surface area contributed by atoms with E-state index in [4.69, 9.17) is 27.9 Å². The van der Waals surface area contributed by atoms with Crippen LogP contribution in [0.5, 0.6) is 0 Å². The number of esters is 1. The molecule has 5 aromatic rings. The summed E-state index contributed by atoms with van der Waals surface area (Å²) in [4.78, 5) is 13.7. The maximum atomic E-state index is 13.7. The van der Waals surface area contributed by atoms with Crippen LogP contribution in [0.4, 0.5) is 0 Å². The van der Waals surface area contributed by atoms with Crippen LogP contribution >= 0.6 is 23.2 Å². The molecule has 0 radical (unpaired) electrons. The van der Waals surface area contributed by atoms with Gasteiger partial charge in [-0.3, -0.25) is 0 Å². The number of aryl methyl sites for hydroxylation is 2. The number of carbonyl (C=O) groups excluding carboxylic acids is 1. The van der Waals surface area contributed by atoms with Crippen LogP contribution in [0.1, 0.15) is 52.3 Å². The third-order valence-electron chi connectivity index (χ3n) is 7.70. The van der Waals surface area contributed by atoms with Gasteiger partial charge in [-0.05, 0) is 52.0 Å². The van der Waals surface area contributed by atoms with Crippen LogP contribution in [-0.2, 0) is 23.4 Å². The van der Waals surface area contributed by atoms with E-state index in [0.717, 1.165) is 57.4 Å². The summed E-state index contributed by atoms with van der Waals surface area (Å²) in [6, 6.07) is 20.0. The highest BCUT2D eigenvalue weighted by molar-refractivity contribution is 6.37. The largest absolute Gasteiger partial charge is 0.440 e. The SMILES string of the molecule is CCn1c(C)c(C2(c3c(C)n(CC)c4ccccc34)OC(=O)c3c(Cl)ccc(Cl)c32)c2ccccc21. The van der Waals surface area contributed by atoms with E-state index in [9.17, 15) is 4.79 Å².